The van der Waals surface area contributed by atoms with E-state index in [9.17, 15) is 19.2 Å². The van der Waals surface area contributed by atoms with Gasteiger partial charge in [-0.1, -0.05) is 163 Å². The average Bonchev–Trinajstić information content (AvgIpc) is 3.64. The molecule has 2 N–H and O–H groups in total. The molecule has 0 saturated carbocycles. The van der Waals surface area contributed by atoms with Crippen molar-refractivity contribution in [1.82, 2.24) is 9.80 Å². The van der Waals surface area contributed by atoms with Gasteiger partial charge in [0.2, 0.25) is 0 Å². The van der Waals surface area contributed by atoms with E-state index in [2.05, 4.69) is 65.6 Å². The molecule has 13 heteroatoms. The van der Waals surface area contributed by atoms with Gasteiger partial charge in [-0.2, -0.15) is 0 Å². The summed E-state index contributed by atoms with van der Waals surface area (Å²) in [6.07, 6.45) is 11.6. The van der Waals surface area contributed by atoms with Crippen molar-refractivity contribution in [3.05, 3.63) is 171 Å². The minimum atomic E-state index is -1.11. The zero-order valence-corrected chi connectivity index (χ0v) is 34.3. The molecule has 2 aliphatic rings. The van der Waals surface area contributed by atoms with E-state index in [1.165, 1.54) is 0 Å². The molecule has 0 bridgehead atoms. The van der Waals surface area contributed by atoms with E-state index in [0.29, 0.717) is 9.81 Å². The highest BCUT2D eigenvalue weighted by molar-refractivity contribution is 8.27. The van der Waals surface area contributed by atoms with Crippen LogP contribution in [-0.2, 0) is 19.2 Å². The Morgan fingerprint density at radius 1 is 0.492 bits per heavy atom. The summed E-state index contributed by atoms with van der Waals surface area (Å²) in [4.78, 5) is 52.6. The van der Waals surface area contributed by atoms with E-state index < -0.39 is 36.8 Å². The lowest BCUT2D eigenvalue weighted by Crippen LogP contribution is -2.33. The van der Waals surface area contributed by atoms with Crippen molar-refractivity contribution in [1.29, 1.82) is 0 Å². The molecule has 2 fully saturated rings. The molecular formula is C46H33N3O6S4. The van der Waals surface area contributed by atoms with Gasteiger partial charge in [0.15, 0.2) is 0 Å². The number of aliphatic carboxylic acids is 2. The highest BCUT2D eigenvalue weighted by atomic mass is 32.2. The number of carbonyl (C=O) groups is 4. The molecule has 5 aromatic carbocycles. The second-order valence-corrected chi connectivity index (χ2v) is 16.5. The van der Waals surface area contributed by atoms with E-state index in [1.54, 1.807) is 12.2 Å². The van der Waals surface area contributed by atoms with E-state index in [0.717, 1.165) is 83.8 Å². The maximum absolute atomic E-state index is 12.6. The third-order valence-electron chi connectivity index (χ3n) is 9.06. The first kappa shape index (κ1) is 40.8. The lowest BCUT2D eigenvalue weighted by molar-refractivity contribution is -0.140. The number of anilines is 3. The second-order valence-electron chi connectivity index (χ2n) is 13.2. The van der Waals surface area contributed by atoms with Crippen LogP contribution in [-0.4, -0.2) is 65.5 Å². The Balaban J connectivity index is 1.00. The first-order valence-electron chi connectivity index (χ1n) is 18.1. The van der Waals surface area contributed by atoms with Crippen LogP contribution in [0.5, 0.6) is 0 Å². The number of carbonyl (C=O) groups excluding carboxylic acids is 2. The van der Waals surface area contributed by atoms with Crippen LogP contribution in [0.2, 0.25) is 0 Å². The topological polar surface area (TPSA) is 118 Å². The number of rotatable bonds is 13. The predicted octanol–water partition coefficient (Wildman–Crippen LogP) is 10.1. The Labute approximate surface area is 359 Å². The fraction of sp³-hybridized carbons (Fsp3) is 0.0435. The third kappa shape index (κ3) is 10.2. The molecule has 2 saturated heterocycles. The number of carboxylic acids is 2. The molecule has 292 valence electrons. The summed E-state index contributed by atoms with van der Waals surface area (Å²) in [5.74, 6) is -3.03. The summed E-state index contributed by atoms with van der Waals surface area (Å²) in [7, 11) is 0. The summed E-state index contributed by atoms with van der Waals surface area (Å²) in [5, 5.41) is 18.2. The highest BCUT2D eigenvalue weighted by Gasteiger charge is 2.34. The number of benzene rings is 5. The standard InChI is InChI=1S/C46H33N3O6S4/c50-41(51)28-47-43(54)39(58-45(47)56)26-34-14-10-30(11-15-34)6-8-32-18-22-37(23-19-32)49(36-4-2-1-3-5-36)38-24-20-33(21-25-38)9-7-31-12-16-35(17-13-31)27-40-44(55)48(29-42(52)53)46(57)59-40/h1-27H,28-29H2,(H,50,51)(H,52,53)/b8-6+,9-7+,39-26+,40-27+. The fourth-order valence-electron chi connectivity index (χ4n) is 6.13. The molecule has 0 aromatic heterocycles. The summed E-state index contributed by atoms with van der Waals surface area (Å²) in [6.45, 7) is -0.905. The Kier molecular flexibility index (Phi) is 12.8. The lowest BCUT2D eigenvalue weighted by Gasteiger charge is -2.25. The van der Waals surface area contributed by atoms with Gasteiger partial charge >= 0.3 is 11.9 Å². The van der Waals surface area contributed by atoms with Gasteiger partial charge in [-0.15, -0.1) is 0 Å². The largest absolute Gasteiger partial charge is 0.480 e. The Morgan fingerprint density at radius 2 is 0.797 bits per heavy atom. The van der Waals surface area contributed by atoms with E-state index in [1.807, 2.05) is 91.0 Å². The maximum Gasteiger partial charge on any atom is 0.323 e. The summed E-state index contributed by atoms with van der Waals surface area (Å²) >= 11 is 12.6. The molecular weight excluding hydrogens is 819 g/mol. The highest BCUT2D eigenvalue weighted by Crippen LogP contribution is 2.36. The van der Waals surface area contributed by atoms with Crippen LogP contribution >= 0.6 is 48.0 Å². The number of amides is 2. The number of nitrogens with zero attached hydrogens (tertiary/aromatic N) is 3. The molecule has 0 radical (unpaired) electrons. The van der Waals surface area contributed by atoms with Gasteiger partial charge in [0.1, 0.15) is 21.7 Å². The molecule has 0 spiro atoms. The van der Waals surface area contributed by atoms with E-state index in [-0.39, 0.29) is 8.64 Å². The van der Waals surface area contributed by atoms with Crippen molar-refractivity contribution in [3.8, 4) is 0 Å². The van der Waals surface area contributed by atoms with Gasteiger partial charge in [-0.3, -0.25) is 29.0 Å². The number of hydrogen-bond donors (Lipinski definition) is 2. The number of para-hydroxylation sites is 1. The van der Waals surface area contributed by atoms with Crippen LogP contribution < -0.4 is 4.90 Å². The molecule has 5 aromatic rings. The molecule has 9 nitrogen and oxygen atoms in total. The molecule has 59 heavy (non-hydrogen) atoms. The van der Waals surface area contributed by atoms with Crippen molar-refractivity contribution in [2.24, 2.45) is 0 Å². The van der Waals surface area contributed by atoms with Gasteiger partial charge in [0.25, 0.3) is 11.8 Å². The van der Waals surface area contributed by atoms with Crippen LogP contribution in [0.25, 0.3) is 36.5 Å². The molecule has 2 heterocycles. The summed E-state index contributed by atoms with van der Waals surface area (Å²) < 4.78 is 0.474. The summed E-state index contributed by atoms with van der Waals surface area (Å²) in [6, 6.07) is 42.2. The van der Waals surface area contributed by atoms with Crippen LogP contribution in [0, 0.1) is 0 Å². The number of thiocarbonyl (C=S) groups is 2. The lowest BCUT2D eigenvalue weighted by atomic mass is 10.1. The minimum Gasteiger partial charge on any atom is -0.480 e. The van der Waals surface area contributed by atoms with Crippen LogP contribution in [0.1, 0.15) is 33.4 Å². The molecule has 2 aliphatic heterocycles. The van der Waals surface area contributed by atoms with Crippen molar-refractivity contribution < 1.29 is 29.4 Å². The Bertz CT molecular complexity index is 2410. The number of thioether (sulfide) groups is 2. The third-order valence-corrected chi connectivity index (χ3v) is 11.8. The summed E-state index contributed by atoms with van der Waals surface area (Å²) in [5.41, 5.74) is 8.65. The molecule has 7 rings (SSSR count). The van der Waals surface area contributed by atoms with Crippen molar-refractivity contribution >= 4 is 134 Å². The molecule has 0 unspecified atom stereocenters. The van der Waals surface area contributed by atoms with Gasteiger partial charge in [-0.25, -0.2) is 0 Å². The smallest absolute Gasteiger partial charge is 0.323 e. The quantitative estimate of drug-likeness (QED) is 0.0670. The number of hydrogen-bond acceptors (Lipinski definition) is 9. The van der Waals surface area contributed by atoms with Crippen molar-refractivity contribution in [2.75, 3.05) is 18.0 Å². The normalized spacial score (nSPS) is 15.7. The van der Waals surface area contributed by atoms with Crippen molar-refractivity contribution in [2.45, 2.75) is 0 Å². The minimum absolute atomic E-state index is 0.237. The van der Waals surface area contributed by atoms with Gasteiger partial charge in [-0.05, 0) is 81.9 Å². The first-order chi connectivity index (χ1) is 28.5. The Hall–Kier alpha value is -6.38. The van der Waals surface area contributed by atoms with Gasteiger partial charge in [0, 0.05) is 17.1 Å². The van der Waals surface area contributed by atoms with E-state index >= 15 is 0 Å². The molecule has 0 aliphatic carbocycles. The van der Waals surface area contributed by atoms with Crippen molar-refractivity contribution in [3.63, 3.8) is 0 Å². The van der Waals surface area contributed by atoms with Gasteiger partial charge in [0.05, 0.1) is 9.81 Å². The monoisotopic (exact) mass is 851 g/mol. The zero-order chi connectivity index (χ0) is 41.5. The average molecular weight is 852 g/mol. The second kappa shape index (κ2) is 18.5. The zero-order valence-electron chi connectivity index (χ0n) is 31.0. The van der Waals surface area contributed by atoms with E-state index in [4.69, 9.17) is 34.6 Å². The fourth-order valence-corrected chi connectivity index (χ4v) is 8.64. The van der Waals surface area contributed by atoms with Crippen LogP contribution in [0.4, 0.5) is 17.1 Å². The van der Waals surface area contributed by atoms with Crippen LogP contribution in [0.3, 0.4) is 0 Å². The van der Waals surface area contributed by atoms with Gasteiger partial charge < -0.3 is 15.1 Å². The first-order valence-corrected chi connectivity index (χ1v) is 20.5. The predicted molar refractivity (Wildman–Crippen MR) is 247 cm³/mol. The molecule has 2 amide bonds. The Morgan fingerprint density at radius 3 is 1.14 bits per heavy atom. The SMILES string of the molecule is O=C(O)CN1C(=O)/C(=C\c2ccc(/C=C/c3ccc(N(c4ccccc4)c4ccc(/C=C/c5ccc(/C=C6/SC(=S)N(CC(=O)O)C6=O)cc5)cc4)cc3)cc2)SC1=S. The molecule has 0 atom stereocenters. The maximum atomic E-state index is 12.6. The van der Waals surface area contributed by atoms with Crippen LogP contribution in [0.15, 0.2) is 137 Å². The number of carboxylic acid groups (broad SMARTS) is 2.